The van der Waals surface area contributed by atoms with Crippen LogP contribution in [0, 0.1) is 17.8 Å². The van der Waals surface area contributed by atoms with Crippen LogP contribution in [-0.2, 0) is 11.3 Å². The molecule has 2 heteroatoms. The van der Waals surface area contributed by atoms with Gasteiger partial charge in [0, 0.05) is 18.5 Å². The Kier molecular flexibility index (Phi) is 2.66. The SMILES string of the molecule is c1ccc(CN2COC[C@@H]3[C@H]4CC[C@H](C4)[C@@H]32)cc1. The molecule has 2 saturated carbocycles. The first-order chi connectivity index (χ1) is 8.92. The Morgan fingerprint density at radius 3 is 2.83 bits per heavy atom. The highest BCUT2D eigenvalue weighted by atomic mass is 16.5. The van der Waals surface area contributed by atoms with Crippen molar-refractivity contribution < 1.29 is 4.74 Å². The van der Waals surface area contributed by atoms with Crippen LogP contribution in [0.3, 0.4) is 0 Å². The molecule has 96 valence electrons. The van der Waals surface area contributed by atoms with Crippen molar-refractivity contribution in [3.8, 4) is 0 Å². The highest BCUT2D eigenvalue weighted by Crippen LogP contribution is 2.51. The van der Waals surface area contributed by atoms with Crippen LogP contribution in [-0.4, -0.2) is 24.3 Å². The van der Waals surface area contributed by atoms with Crippen LogP contribution >= 0.6 is 0 Å². The summed E-state index contributed by atoms with van der Waals surface area (Å²) in [7, 11) is 0. The number of benzene rings is 1. The third-order valence-electron chi connectivity index (χ3n) is 5.26. The molecule has 2 nitrogen and oxygen atoms in total. The van der Waals surface area contributed by atoms with E-state index in [4.69, 9.17) is 4.74 Å². The van der Waals surface area contributed by atoms with Gasteiger partial charge in [0.2, 0.25) is 0 Å². The van der Waals surface area contributed by atoms with Gasteiger partial charge >= 0.3 is 0 Å². The van der Waals surface area contributed by atoms with Crippen LogP contribution in [0.2, 0.25) is 0 Å². The molecule has 2 bridgehead atoms. The first-order valence-corrected chi connectivity index (χ1v) is 7.27. The van der Waals surface area contributed by atoms with Crippen LogP contribution in [0.15, 0.2) is 30.3 Å². The quantitative estimate of drug-likeness (QED) is 0.792. The standard InChI is InChI=1S/C16H21NO/c1-2-4-12(5-3-1)9-17-11-18-10-15-13-6-7-14(8-13)16(15)17/h1-5,13-16H,6-11H2/t13-,14+,15+,16-/m0/s1. The Balaban J connectivity index is 1.54. The smallest absolute Gasteiger partial charge is 0.0995 e. The molecule has 3 fully saturated rings. The molecule has 4 rings (SSSR count). The molecule has 0 N–H and O–H groups in total. The minimum absolute atomic E-state index is 0.803. The van der Waals surface area contributed by atoms with Crippen molar-refractivity contribution in [1.29, 1.82) is 0 Å². The molecule has 0 amide bonds. The normalized spacial score (nSPS) is 38.9. The lowest BCUT2D eigenvalue weighted by atomic mass is 9.83. The molecule has 0 radical (unpaired) electrons. The van der Waals surface area contributed by atoms with E-state index in [9.17, 15) is 0 Å². The number of nitrogens with zero attached hydrogens (tertiary/aromatic N) is 1. The Bertz CT molecular complexity index is 418. The molecule has 1 aromatic carbocycles. The Hall–Kier alpha value is -0.860. The average Bonchev–Trinajstić information content (AvgIpc) is 3.02. The van der Waals surface area contributed by atoms with E-state index in [-0.39, 0.29) is 0 Å². The molecule has 1 aromatic rings. The largest absolute Gasteiger partial charge is 0.366 e. The van der Waals surface area contributed by atoms with Crippen LogP contribution in [0.5, 0.6) is 0 Å². The zero-order valence-corrected chi connectivity index (χ0v) is 10.8. The number of fused-ring (bicyclic) bond motifs is 5. The summed E-state index contributed by atoms with van der Waals surface area (Å²) in [5.41, 5.74) is 1.42. The number of hydrogen-bond donors (Lipinski definition) is 0. The van der Waals surface area contributed by atoms with E-state index in [1.807, 2.05) is 0 Å². The zero-order valence-electron chi connectivity index (χ0n) is 10.8. The maximum Gasteiger partial charge on any atom is 0.0995 e. The van der Waals surface area contributed by atoms with Gasteiger partial charge in [0.25, 0.3) is 0 Å². The van der Waals surface area contributed by atoms with Crippen LogP contribution in [0.4, 0.5) is 0 Å². The molecular weight excluding hydrogens is 222 g/mol. The molecule has 0 aromatic heterocycles. The van der Waals surface area contributed by atoms with Gasteiger partial charge in [-0.15, -0.1) is 0 Å². The summed E-state index contributed by atoms with van der Waals surface area (Å²) in [5.74, 6) is 2.73. The van der Waals surface area contributed by atoms with Gasteiger partial charge in [-0.1, -0.05) is 30.3 Å². The number of hydrogen-bond acceptors (Lipinski definition) is 2. The molecule has 0 unspecified atom stereocenters. The van der Waals surface area contributed by atoms with Gasteiger partial charge < -0.3 is 4.74 Å². The van der Waals surface area contributed by atoms with Crippen LogP contribution < -0.4 is 0 Å². The second-order valence-corrected chi connectivity index (χ2v) is 6.22. The second-order valence-electron chi connectivity index (χ2n) is 6.22. The van der Waals surface area contributed by atoms with Gasteiger partial charge in [-0.2, -0.15) is 0 Å². The number of rotatable bonds is 2. The van der Waals surface area contributed by atoms with E-state index in [0.717, 1.165) is 43.7 Å². The molecule has 0 spiro atoms. The fourth-order valence-electron chi connectivity index (χ4n) is 4.54. The third kappa shape index (κ3) is 1.70. The first kappa shape index (κ1) is 11.0. The first-order valence-electron chi connectivity index (χ1n) is 7.27. The molecule has 4 atom stereocenters. The van der Waals surface area contributed by atoms with Crippen LogP contribution in [0.25, 0.3) is 0 Å². The Morgan fingerprint density at radius 2 is 1.94 bits per heavy atom. The summed E-state index contributed by atoms with van der Waals surface area (Å²) < 4.78 is 5.85. The molecule has 1 saturated heterocycles. The third-order valence-corrected chi connectivity index (χ3v) is 5.26. The average molecular weight is 243 g/mol. The molecule has 2 aliphatic carbocycles. The van der Waals surface area contributed by atoms with E-state index in [1.54, 1.807) is 0 Å². The molecular formula is C16H21NO. The van der Waals surface area contributed by atoms with Crippen molar-refractivity contribution >= 4 is 0 Å². The molecule has 3 aliphatic rings. The lowest BCUT2D eigenvalue weighted by Crippen LogP contribution is -2.50. The summed E-state index contributed by atoms with van der Waals surface area (Å²) in [6.07, 6.45) is 4.37. The summed E-state index contributed by atoms with van der Waals surface area (Å²) in [4.78, 5) is 2.59. The fourth-order valence-corrected chi connectivity index (χ4v) is 4.54. The maximum atomic E-state index is 5.85. The predicted octanol–water partition coefficient (Wildman–Crippen LogP) is 2.89. The minimum atomic E-state index is 0.803. The van der Waals surface area contributed by atoms with Gasteiger partial charge in [0.1, 0.15) is 0 Å². The van der Waals surface area contributed by atoms with Crippen molar-refractivity contribution in [2.45, 2.75) is 31.8 Å². The van der Waals surface area contributed by atoms with E-state index >= 15 is 0 Å². The van der Waals surface area contributed by atoms with Gasteiger partial charge in [0.05, 0.1) is 13.3 Å². The van der Waals surface area contributed by atoms with E-state index in [1.165, 1.54) is 24.8 Å². The Labute approximate surface area is 109 Å². The van der Waals surface area contributed by atoms with Gasteiger partial charge in [-0.25, -0.2) is 0 Å². The molecule has 1 heterocycles. The zero-order chi connectivity index (χ0) is 11.9. The van der Waals surface area contributed by atoms with Crippen molar-refractivity contribution in [2.75, 3.05) is 13.3 Å². The highest BCUT2D eigenvalue weighted by molar-refractivity contribution is 5.15. The highest BCUT2D eigenvalue weighted by Gasteiger charge is 2.51. The summed E-state index contributed by atoms with van der Waals surface area (Å²) in [6.45, 7) is 2.90. The fraction of sp³-hybridized carbons (Fsp3) is 0.625. The van der Waals surface area contributed by atoms with Crippen molar-refractivity contribution in [2.24, 2.45) is 17.8 Å². The van der Waals surface area contributed by atoms with Crippen molar-refractivity contribution in [3.63, 3.8) is 0 Å². The van der Waals surface area contributed by atoms with E-state index in [0.29, 0.717) is 0 Å². The van der Waals surface area contributed by atoms with Crippen molar-refractivity contribution in [3.05, 3.63) is 35.9 Å². The minimum Gasteiger partial charge on any atom is -0.366 e. The lowest BCUT2D eigenvalue weighted by Gasteiger charge is -2.43. The van der Waals surface area contributed by atoms with Gasteiger partial charge in [0.15, 0.2) is 0 Å². The van der Waals surface area contributed by atoms with Gasteiger partial charge in [-0.05, 0) is 36.7 Å². The molecule has 1 aliphatic heterocycles. The monoisotopic (exact) mass is 243 g/mol. The van der Waals surface area contributed by atoms with Crippen molar-refractivity contribution in [1.82, 2.24) is 4.90 Å². The van der Waals surface area contributed by atoms with Crippen LogP contribution in [0.1, 0.15) is 24.8 Å². The maximum absolute atomic E-state index is 5.85. The topological polar surface area (TPSA) is 12.5 Å². The lowest BCUT2D eigenvalue weighted by molar-refractivity contribution is -0.104. The van der Waals surface area contributed by atoms with E-state index < -0.39 is 0 Å². The molecule has 18 heavy (non-hydrogen) atoms. The predicted molar refractivity (Wildman–Crippen MR) is 70.9 cm³/mol. The Morgan fingerprint density at radius 1 is 1.11 bits per heavy atom. The number of ether oxygens (including phenoxy) is 1. The second kappa shape index (κ2) is 4.36. The summed E-state index contributed by atoms with van der Waals surface area (Å²) >= 11 is 0. The summed E-state index contributed by atoms with van der Waals surface area (Å²) in [6, 6.07) is 11.6. The summed E-state index contributed by atoms with van der Waals surface area (Å²) in [5, 5.41) is 0. The van der Waals surface area contributed by atoms with E-state index in [2.05, 4.69) is 35.2 Å². The van der Waals surface area contributed by atoms with Gasteiger partial charge in [-0.3, -0.25) is 4.90 Å².